The van der Waals surface area contributed by atoms with Gasteiger partial charge in [0.2, 0.25) is 11.8 Å². The van der Waals surface area contributed by atoms with Gasteiger partial charge >= 0.3 is 6.09 Å². The van der Waals surface area contributed by atoms with Crippen molar-refractivity contribution in [2.45, 2.75) is 95.2 Å². The number of anilines is 2. The van der Waals surface area contributed by atoms with Crippen LogP contribution in [0.3, 0.4) is 0 Å². The summed E-state index contributed by atoms with van der Waals surface area (Å²) < 4.78 is 8.93. The number of phenolic OH excluding ortho intramolecular Hbond substituents is 2. The number of alkyl carbamates (subject to hydrolysis) is 1. The zero-order chi connectivity index (χ0) is 38.2. The molecule has 2 aromatic carbocycles. The standard InChI is InChI=1S/C22H28N4O4.C18H24N4O2/c1-26-13-23-12-18(26)17-10-7-15(11-19(17)27)24-21(28)20(14-5-3-2-4-6-14)25-22(29)30-16-8-9-16;1-22-11-20-10-15(22)14-8-7-13(9-16(14)23)21-18(24)17(19)12-5-3-2-4-6-12/h7,10-14,16,20,27H,2-6,8-9H2,1H3,(H,24,28)(H,25,29);7-12,17,23H,2-6,19H2,1H3,(H,21,24)/t20-;17-/m00/s1. The lowest BCUT2D eigenvalue weighted by atomic mass is 9.83. The van der Waals surface area contributed by atoms with Crippen LogP contribution in [0.5, 0.6) is 11.5 Å². The summed E-state index contributed by atoms with van der Waals surface area (Å²) in [5, 5.41) is 29.2. The Kier molecular flexibility index (Phi) is 12.5. The van der Waals surface area contributed by atoms with Crippen molar-refractivity contribution in [3.8, 4) is 34.0 Å². The van der Waals surface area contributed by atoms with E-state index in [1.807, 2.05) is 23.2 Å². The molecule has 7 N–H and O–H groups in total. The number of rotatable bonds is 10. The average molecular weight is 741 g/mol. The van der Waals surface area contributed by atoms with Crippen LogP contribution in [0.1, 0.15) is 77.0 Å². The number of aromatic nitrogens is 4. The molecule has 2 aromatic heterocycles. The number of carbonyl (C=O) groups excluding carboxylic acids is 3. The number of hydrogen-bond acceptors (Lipinski definition) is 9. The molecule has 2 atom stereocenters. The number of hydrogen-bond donors (Lipinski definition) is 6. The van der Waals surface area contributed by atoms with E-state index in [2.05, 4.69) is 25.9 Å². The number of nitrogens with zero attached hydrogens (tertiary/aromatic N) is 4. The van der Waals surface area contributed by atoms with Crippen LogP contribution < -0.4 is 21.7 Å². The summed E-state index contributed by atoms with van der Waals surface area (Å²) in [7, 11) is 3.71. The number of ether oxygens (including phenoxy) is 1. The summed E-state index contributed by atoms with van der Waals surface area (Å²) in [6, 6.07) is 8.93. The summed E-state index contributed by atoms with van der Waals surface area (Å²) in [4.78, 5) is 45.7. The molecule has 0 radical (unpaired) electrons. The van der Waals surface area contributed by atoms with Gasteiger partial charge in [-0.25, -0.2) is 14.8 Å². The van der Waals surface area contributed by atoms with E-state index in [1.165, 1.54) is 12.5 Å². The summed E-state index contributed by atoms with van der Waals surface area (Å²) in [6.07, 6.45) is 18.5. The maximum atomic E-state index is 13.1. The number of nitrogens with two attached hydrogens (primary N) is 1. The van der Waals surface area contributed by atoms with E-state index < -0.39 is 18.2 Å². The fourth-order valence-corrected chi connectivity index (χ4v) is 7.40. The maximum absolute atomic E-state index is 13.1. The predicted octanol–water partition coefficient (Wildman–Crippen LogP) is 6.21. The van der Waals surface area contributed by atoms with Crippen molar-refractivity contribution in [3.63, 3.8) is 0 Å². The second-order valence-electron chi connectivity index (χ2n) is 14.8. The molecule has 2 heterocycles. The normalized spacial score (nSPS) is 17.4. The molecule has 0 aliphatic heterocycles. The van der Waals surface area contributed by atoms with E-state index >= 15 is 0 Å². The van der Waals surface area contributed by atoms with Crippen LogP contribution in [0.4, 0.5) is 16.2 Å². The van der Waals surface area contributed by atoms with E-state index in [1.54, 1.807) is 55.4 Å². The highest BCUT2D eigenvalue weighted by molar-refractivity contribution is 5.97. The molecule has 288 valence electrons. The molecule has 3 saturated carbocycles. The molecule has 14 heteroatoms. The number of aromatic hydroxyl groups is 2. The van der Waals surface area contributed by atoms with Crippen LogP contribution in [0.2, 0.25) is 0 Å². The smallest absolute Gasteiger partial charge is 0.408 e. The quantitative estimate of drug-likeness (QED) is 0.109. The molecular weight excluding hydrogens is 688 g/mol. The first-order chi connectivity index (χ1) is 26.1. The highest BCUT2D eigenvalue weighted by Gasteiger charge is 2.34. The molecule has 3 fully saturated rings. The Bertz CT molecular complexity index is 1910. The third-order valence-corrected chi connectivity index (χ3v) is 10.7. The first kappa shape index (κ1) is 38.4. The van der Waals surface area contributed by atoms with Crippen molar-refractivity contribution in [2.24, 2.45) is 31.7 Å². The lowest BCUT2D eigenvalue weighted by molar-refractivity contribution is -0.120. The molecule has 0 spiro atoms. The largest absolute Gasteiger partial charge is 0.507 e. The van der Waals surface area contributed by atoms with Gasteiger partial charge in [0, 0.05) is 48.7 Å². The second kappa shape index (κ2) is 17.6. The Hall–Kier alpha value is -5.37. The van der Waals surface area contributed by atoms with Gasteiger partial charge in [-0.2, -0.15) is 0 Å². The van der Waals surface area contributed by atoms with Gasteiger partial charge in [-0.15, -0.1) is 0 Å². The average Bonchev–Trinajstić information content (AvgIpc) is 3.72. The zero-order valence-corrected chi connectivity index (χ0v) is 31.0. The van der Waals surface area contributed by atoms with E-state index in [0.29, 0.717) is 22.5 Å². The SMILES string of the molecule is Cn1cncc1-c1ccc(NC(=O)[C@@H](N)C2CCCCC2)cc1O.Cn1cncc1-c1ccc(NC(=O)[C@@H](NC(=O)OC2CC2)C2CCCCC2)cc1O. The fraction of sp³-hybridized carbons (Fsp3) is 0.475. The Morgan fingerprint density at radius 3 is 1.65 bits per heavy atom. The van der Waals surface area contributed by atoms with Crippen LogP contribution in [0.25, 0.3) is 22.5 Å². The van der Waals surface area contributed by atoms with Gasteiger partial charge in [0.05, 0.1) is 42.5 Å². The van der Waals surface area contributed by atoms with Gasteiger partial charge in [0.1, 0.15) is 23.6 Å². The lowest BCUT2D eigenvalue weighted by Crippen LogP contribution is -2.49. The minimum absolute atomic E-state index is 0.0171. The van der Waals surface area contributed by atoms with Crippen LogP contribution in [0, 0.1) is 11.8 Å². The monoisotopic (exact) mass is 740 g/mol. The molecule has 14 nitrogen and oxygen atoms in total. The molecular formula is C40H52N8O6. The molecule has 3 amide bonds. The Balaban J connectivity index is 0.000000189. The molecule has 4 aromatic rings. The highest BCUT2D eigenvalue weighted by atomic mass is 16.6. The Labute approximate surface area is 315 Å². The summed E-state index contributed by atoms with van der Waals surface area (Å²) >= 11 is 0. The minimum atomic E-state index is -0.657. The van der Waals surface area contributed by atoms with Crippen molar-refractivity contribution < 1.29 is 29.3 Å². The topological polar surface area (TPSA) is 199 Å². The number of aryl methyl sites for hydroxylation is 2. The molecule has 0 saturated heterocycles. The summed E-state index contributed by atoms with van der Waals surface area (Å²) in [5.74, 6) is 0.000138. The van der Waals surface area contributed by atoms with E-state index in [0.717, 1.165) is 82.0 Å². The van der Waals surface area contributed by atoms with Crippen molar-refractivity contribution in [3.05, 3.63) is 61.4 Å². The molecule has 54 heavy (non-hydrogen) atoms. The Morgan fingerprint density at radius 2 is 1.20 bits per heavy atom. The summed E-state index contributed by atoms with van der Waals surface area (Å²) in [6.45, 7) is 0. The number of amides is 3. The molecule has 3 aliphatic rings. The van der Waals surface area contributed by atoms with Gasteiger partial charge in [-0.3, -0.25) is 9.59 Å². The predicted molar refractivity (Wildman–Crippen MR) is 205 cm³/mol. The number of benzene rings is 2. The second-order valence-corrected chi connectivity index (χ2v) is 14.8. The number of phenols is 2. The molecule has 0 bridgehead atoms. The van der Waals surface area contributed by atoms with E-state index in [4.69, 9.17) is 10.5 Å². The fourth-order valence-electron chi connectivity index (χ4n) is 7.40. The zero-order valence-electron chi connectivity index (χ0n) is 31.0. The van der Waals surface area contributed by atoms with Gasteiger partial charge in [-0.05, 0) is 74.6 Å². The van der Waals surface area contributed by atoms with Crippen molar-refractivity contribution >= 4 is 29.3 Å². The van der Waals surface area contributed by atoms with Gasteiger partial charge in [0.25, 0.3) is 0 Å². The van der Waals surface area contributed by atoms with Crippen molar-refractivity contribution in [1.29, 1.82) is 0 Å². The lowest BCUT2D eigenvalue weighted by Gasteiger charge is -2.29. The first-order valence-electron chi connectivity index (χ1n) is 19.0. The minimum Gasteiger partial charge on any atom is -0.507 e. The van der Waals surface area contributed by atoms with Crippen LogP contribution in [-0.2, 0) is 28.4 Å². The van der Waals surface area contributed by atoms with Crippen molar-refractivity contribution in [1.82, 2.24) is 24.4 Å². The maximum Gasteiger partial charge on any atom is 0.408 e. The van der Waals surface area contributed by atoms with Crippen LogP contribution >= 0.6 is 0 Å². The highest BCUT2D eigenvalue weighted by Crippen LogP contribution is 2.34. The van der Waals surface area contributed by atoms with E-state index in [-0.39, 0.29) is 41.3 Å². The van der Waals surface area contributed by atoms with Crippen molar-refractivity contribution in [2.75, 3.05) is 10.6 Å². The third-order valence-electron chi connectivity index (χ3n) is 10.7. The third kappa shape index (κ3) is 9.78. The Morgan fingerprint density at radius 1 is 0.722 bits per heavy atom. The van der Waals surface area contributed by atoms with Gasteiger partial charge in [-0.1, -0.05) is 38.5 Å². The molecule has 0 unspecified atom stereocenters. The first-order valence-corrected chi connectivity index (χ1v) is 19.0. The van der Waals surface area contributed by atoms with Gasteiger partial charge < -0.3 is 45.8 Å². The van der Waals surface area contributed by atoms with Crippen LogP contribution in [0.15, 0.2) is 61.4 Å². The number of imidazole rings is 2. The number of nitrogens with one attached hydrogen (secondary N) is 3. The van der Waals surface area contributed by atoms with Crippen LogP contribution in [-0.4, -0.2) is 65.4 Å². The number of carbonyl (C=O) groups is 3. The molecule has 7 rings (SSSR count). The van der Waals surface area contributed by atoms with E-state index in [9.17, 15) is 24.6 Å². The van der Waals surface area contributed by atoms with Gasteiger partial charge in [0.15, 0.2) is 0 Å². The summed E-state index contributed by atoms with van der Waals surface area (Å²) in [5.41, 5.74) is 10.0. The molecule has 3 aliphatic carbocycles.